The summed E-state index contributed by atoms with van der Waals surface area (Å²) in [6, 6.07) is 20.2. The minimum Gasteiger partial charge on any atom is -0.508 e. The molecule has 32 heavy (non-hydrogen) atoms. The number of phenolic OH excluding ortho intramolecular Hbond substituents is 1. The van der Waals surface area contributed by atoms with Crippen LogP contribution in [0.4, 0.5) is 4.39 Å². The van der Waals surface area contributed by atoms with Gasteiger partial charge in [0.05, 0.1) is 6.61 Å². The van der Waals surface area contributed by atoms with E-state index >= 15 is 0 Å². The van der Waals surface area contributed by atoms with E-state index in [1.807, 2.05) is 30.3 Å². The van der Waals surface area contributed by atoms with Crippen molar-refractivity contribution in [3.8, 4) is 17.2 Å². The number of rotatable bonds is 6. The fourth-order valence-electron chi connectivity index (χ4n) is 4.88. The molecule has 1 N–H and O–H groups in total. The number of halogens is 1. The summed E-state index contributed by atoms with van der Waals surface area (Å²) >= 11 is 0. The maximum absolute atomic E-state index is 13.5. The molecule has 0 aromatic heterocycles. The Morgan fingerprint density at radius 2 is 1.66 bits per heavy atom. The van der Waals surface area contributed by atoms with Crippen molar-refractivity contribution in [2.24, 2.45) is 0 Å². The van der Waals surface area contributed by atoms with E-state index in [4.69, 9.17) is 9.47 Å². The lowest BCUT2D eigenvalue weighted by atomic mass is 9.76. The first-order valence-corrected chi connectivity index (χ1v) is 11.3. The molecule has 0 aliphatic carbocycles. The molecule has 5 rings (SSSR count). The predicted molar refractivity (Wildman–Crippen MR) is 122 cm³/mol. The number of phenols is 1. The van der Waals surface area contributed by atoms with Crippen molar-refractivity contribution in [2.45, 2.75) is 24.7 Å². The highest BCUT2D eigenvalue weighted by molar-refractivity contribution is 5.50. The van der Waals surface area contributed by atoms with Gasteiger partial charge in [0.15, 0.2) is 0 Å². The molecule has 0 spiro atoms. The Balaban J connectivity index is 1.39. The molecule has 2 aliphatic heterocycles. The molecule has 1 unspecified atom stereocenters. The second-order valence-electron chi connectivity index (χ2n) is 8.64. The van der Waals surface area contributed by atoms with E-state index < -0.39 is 0 Å². The molecule has 3 aromatic rings. The zero-order chi connectivity index (χ0) is 21.9. The van der Waals surface area contributed by atoms with Gasteiger partial charge in [-0.2, -0.15) is 0 Å². The molecule has 166 valence electrons. The average molecular weight is 434 g/mol. The Labute approximate surface area is 188 Å². The lowest BCUT2D eigenvalue weighted by Crippen LogP contribution is -2.25. The Bertz CT molecular complexity index is 1050. The van der Waals surface area contributed by atoms with E-state index in [9.17, 15) is 9.50 Å². The first kappa shape index (κ1) is 20.8. The zero-order valence-corrected chi connectivity index (χ0v) is 18.0. The van der Waals surface area contributed by atoms with Crippen LogP contribution in [0.25, 0.3) is 0 Å². The second kappa shape index (κ2) is 9.21. The summed E-state index contributed by atoms with van der Waals surface area (Å²) in [4.78, 5) is 2.44. The van der Waals surface area contributed by atoms with Gasteiger partial charge in [-0.1, -0.05) is 30.3 Å². The summed E-state index contributed by atoms with van der Waals surface area (Å²) in [5, 5.41) is 9.91. The van der Waals surface area contributed by atoms with E-state index in [0.717, 1.165) is 29.0 Å². The largest absolute Gasteiger partial charge is 0.508 e. The standard InChI is InChI=1S/C27H28FNO3/c28-21-7-3-19(4-8-21)25-18-32-26-17-22(30)9-12-24(26)27(25)20-5-10-23(11-6-20)31-16-15-29-13-1-2-14-29/h3-12,17,25,27,30H,1-2,13-16,18H2/t25-,27?/m1/s1. The number of nitrogens with zero attached hydrogens (tertiary/aromatic N) is 1. The van der Waals surface area contributed by atoms with Gasteiger partial charge in [-0.15, -0.1) is 0 Å². The van der Waals surface area contributed by atoms with Crippen molar-refractivity contribution in [1.82, 2.24) is 4.90 Å². The minimum atomic E-state index is -0.247. The van der Waals surface area contributed by atoms with Crippen LogP contribution < -0.4 is 9.47 Å². The number of hydrogen-bond acceptors (Lipinski definition) is 4. The van der Waals surface area contributed by atoms with Crippen LogP contribution in [-0.4, -0.2) is 42.9 Å². The van der Waals surface area contributed by atoms with E-state index in [1.54, 1.807) is 12.1 Å². The highest BCUT2D eigenvalue weighted by atomic mass is 19.1. The van der Waals surface area contributed by atoms with Crippen molar-refractivity contribution < 1.29 is 19.0 Å². The first-order chi connectivity index (χ1) is 15.7. The average Bonchev–Trinajstić information content (AvgIpc) is 3.33. The van der Waals surface area contributed by atoms with E-state index in [0.29, 0.717) is 19.0 Å². The van der Waals surface area contributed by atoms with Crippen LogP contribution in [0.1, 0.15) is 41.4 Å². The van der Waals surface area contributed by atoms with E-state index in [-0.39, 0.29) is 23.4 Å². The van der Waals surface area contributed by atoms with Crippen molar-refractivity contribution in [2.75, 3.05) is 32.8 Å². The Morgan fingerprint density at radius 3 is 2.41 bits per heavy atom. The Kier molecular flexibility index (Phi) is 5.99. The molecule has 0 saturated carbocycles. The summed E-state index contributed by atoms with van der Waals surface area (Å²) in [5.74, 6) is 1.56. The van der Waals surface area contributed by atoms with E-state index in [1.165, 1.54) is 38.1 Å². The van der Waals surface area contributed by atoms with Crippen molar-refractivity contribution in [1.29, 1.82) is 0 Å². The third-order valence-corrected chi connectivity index (χ3v) is 6.57. The second-order valence-corrected chi connectivity index (χ2v) is 8.64. The molecule has 2 atom stereocenters. The monoisotopic (exact) mass is 433 g/mol. The molecule has 4 nitrogen and oxygen atoms in total. The lowest BCUT2D eigenvalue weighted by molar-refractivity contribution is 0.237. The quantitative estimate of drug-likeness (QED) is 0.572. The minimum absolute atomic E-state index is 0.0310. The number of benzene rings is 3. The number of hydrogen-bond donors (Lipinski definition) is 1. The molecule has 0 radical (unpaired) electrons. The van der Waals surface area contributed by atoms with Gasteiger partial charge in [0.1, 0.15) is 29.7 Å². The summed E-state index contributed by atoms with van der Waals surface area (Å²) in [7, 11) is 0. The van der Waals surface area contributed by atoms with Gasteiger partial charge in [0.2, 0.25) is 0 Å². The number of likely N-dealkylation sites (tertiary alicyclic amines) is 1. The molecule has 2 heterocycles. The SMILES string of the molecule is Oc1ccc2c(c1)OC[C@H](c1ccc(F)cc1)C2c1ccc(OCCN2CCCC2)cc1. The molecule has 1 saturated heterocycles. The molecule has 5 heteroatoms. The van der Waals surface area contributed by atoms with Gasteiger partial charge < -0.3 is 14.6 Å². The maximum atomic E-state index is 13.5. The Hall–Kier alpha value is -3.05. The van der Waals surface area contributed by atoms with Crippen LogP contribution in [0, 0.1) is 5.82 Å². The lowest BCUT2D eigenvalue weighted by Gasteiger charge is -2.34. The fraction of sp³-hybridized carbons (Fsp3) is 0.333. The molecule has 0 amide bonds. The predicted octanol–water partition coefficient (Wildman–Crippen LogP) is 5.31. The third-order valence-electron chi connectivity index (χ3n) is 6.57. The van der Waals surface area contributed by atoms with Gasteiger partial charge in [-0.3, -0.25) is 4.90 Å². The fourth-order valence-corrected chi connectivity index (χ4v) is 4.88. The smallest absolute Gasteiger partial charge is 0.126 e. The summed E-state index contributed by atoms with van der Waals surface area (Å²) < 4.78 is 25.5. The van der Waals surface area contributed by atoms with Crippen molar-refractivity contribution in [3.05, 3.63) is 89.2 Å². The van der Waals surface area contributed by atoms with Gasteiger partial charge in [-0.25, -0.2) is 4.39 Å². The zero-order valence-electron chi connectivity index (χ0n) is 18.0. The maximum Gasteiger partial charge on any atom is 0.126 e. The van der Waals surface area contributed by atoms with Gasteiger partial charge in [0.25, 0.3) is 0 Å². The van der Waals surface area contributed by atoms with Crippen molar-refractivity contribution >= 4 is 0 Å². The molecule has 0 bridgehead atoms. The topological polar surface area (TPSA) is 41.9 Å². The van der Waals surface area contributed by atoms with Crippen LogP contribution >= 0.6 is 0 Å². The highest BCUT2D eigenvalue weighted by Crippen LogP contribution is 2.47. The van der Waals surface area contributed by atoms with Gasteiger partial charge >= 0.3 is 0 Å². The van der Waals surface area contributed by atoms with Crippen LogP contribution in [0.5, 0.6) is 17.2 Å². The van der Waals surface area contributed by atoms with E-state index in [2.05, 4.69) is 17.0 Å². The van der Waals surface area contributed by atoms with Crippen LogP contribution in [0.2, 0.25) is 0 Å². The number of aromatic hydroxyl groups is 1. The van der Waals surface area contributed by atoms with Crippen LogP contribution in [-0.2, 0) is 0 Å². The van der Waals surface area contributed by atoms with Gasteiger partial charge in [0, 0.05) is 30.0 Å². The van der Waals surface area contributed by atoms with Crippen LogP contribution in [0.15, 0.2) is 66.7 Å². The summed E-state index contributed by atoms with van der Waals surface area (Å²) in [5.41, 5.74) is 3.19. The molecule has 2 aliphatic rings. The summed E-state index contributed by atoms with van der Waals surface area (Å²) in [6.07, 6.45) is 2.57. The molecular weight excluding hydrogens is 405 g/mol. The van der Waals surface area contributed by atoms with Crippen molar-refractivity contribution in [3.63, 3.8) is 0 Å². The molecular formula is C27H28FNO3. The normalized spacial score (nSPS) is 20.5. The molecule has 1 fully saturated rings. The van der Waals surface area contributed by atoms with Crippen LogP contribution in [0.3, 0.4) is 0 Å². The van der Waals surface area contributed by atoms with Gasteiger partial charge in [-0.05, 0) is 67.4 Å². The molecule has 3 aromatic carbocycles. The Morgan fingerprint density at radius 1 is 0.938 bits per heavy atom. The summed E-state index contributed by atoms with van der Waals surface area (Å²) in [6.45, 7) is 4.46. The first-order valence-electron chi connectivity index (χ1n) is 11.3. The third kappa shape index (κ3) is 4.44. The number of ether oxygens (including phenoxy) is 2. The highest BCUT2D eigenvalue weighted by Gasteiger charge is 2.33. The number of fused-ring (bicyclic) bond motifs is 1.